The molecule has 0 unspecified atom stereocenters. The van der Waals surface area contributed by atoms with E-state index in [9.17, 15) is 0 Å². The van der Waals surface area contributed by atoms with Crippen LogP contribution in [0, 0.1) is 6.92 Å². The van der Waals surface area contributed by atoms with Crippen LogP contribution >= 0.6 is 15.9 Å². The molecular weight excluding hydrogens is 266 g/mol. The quantitative estimate of drug-likeness (QED) is 0.905. The van der Waals surface area contributed by atoms with E-state index in [0.29, 0.717) is 0 Å². The lowest BCUT2D eigenvalue weighted by molar-refractivity contribution is 0.610. The molecule has 88 valence electrons. The summed E-state index contributed by atoms with van der Waals surface area (Å²) in [4.78, 5) is 0. The molecular formula is C12H18BrN3. The second-order valence-corrected chi connectivity index (χ2v) is 4.95. The molecule has 1 aliphatic rings. The highest BCUT2D eigenvalue weighted by Gasteiger charge is 2.12. The molecule has 1 N–H and O–H groups in total. The minimum Gasteiger partial charge on any atom is -0.316 e. The molecule has 0 saturated carbocycles. The Morgan fingerprint density at radius 3 is 2.75 bits per heavy atom. The lowest BCUT2D eigenvalue weighted by atomic mass is 10.0. The van der Waals surface area contributed by atoms with Crippen LogP contribution in [0.5, 0.6) is 0 Å². The molecule has 0 aromatic carbocycles. The van der Waals surface area contributed by atoms with Crippen molar-refractivity contribution >= 4 is 22.0 Å². The molecule has 1 aromatic rings. The Bertz CT molecular complexity index is 399. The van der Waals surface area contributed by atoms with Gasteiger partial charge in [0.05, 0.1) is 15.9 Å². The maximum absolute atomic E-state index is 4.50. The van der Waals surface area contributed by atoms with E-state index in [1.165, 1.54) is 11.3 Å². The molecule has 0 aliphatic carbocycles. The average molecular weight is 284 g/mol. The third-order valence-electron chi connectivity index (χ3n) is 2.98. The maximum Gasteiger partial charge on any atom is 0.0754 e. The van der Waals surface area contributed by atoms with E-state index in [2.05, 4.69) is 44.0 Å². The van der Waals surface area contributed by atoms with Gasteiger partial charge in [0.15, 0.2) is 0 Å². The van der Waals surface area contributed by atoms with E-state index in [4.69, 9.17) is 0 Å². The number of piperidine rings is 1. The molecule has 2 rings (SSSR count). The lowest BCUT2D eigenvalue weighted by Gasteiger charge is -2.15. The van der Waals surface area contributed by atoms with Crippen LogP contribution in [0.1, 0.15) is 31.2 Å². The molecule has 0 bridgehead atoms. The highest BCUT2D eigenvalue weighted by atomic mass is 79.9. The van der Waals surface area contributed by atoms with E-state index < -0.39 is 0 Å². The topological polar surface area (TPSA) is 29.9 Å². The standard InChI is InChI=1S/C12H18BrN3/c1-3-16-11(12(13)9(2)15-16)8-10-4-6-14-7-5-10/h8,14H,3-7H2,1-2H3. The molecule has 1 aromatic heterocycles. The van der Waals surface area contributed by atoms with Crippen LogP contribution in [-0.4, -0.2) is 22.9 Å². The third kappa shape index (κ3) is 2.38. The predicted octanol–water partition coefficient (Wildman–Crippen LogP) is 2.74. The summed E-state index contributed by atoms with van der Waals surface area (Å²) in [6.07, 6.45) is 4.61. The molecule has 1 fully saturated rings. The number of rotatable bonds is 2. The van der Waals surface area contributed by atoms with Gasteiger partial charge in [-0.15, -0.1) is 0 Å². The first-order valence-electron chi connectivity index (χ1n) is 5.85. The molecule has 1 aliphatic heterocycles. The molecule has 0 radical (unpaired) electrons. The molecule has 4 heteroatoms. The van der Waals surface area contributed by atoms with E-state index >= 15 is 0 Å². The Hall–Kier alpha value is -0.610. The Morgan fingerprint density at radius 2 is 2.12 bits per heavy atom. The van der Waals surface area contributed by atoms with Gasteiger partial charge in [-0.05, 0) is 61.8 Å². The summed E-state index contributed by atoms with van der Waals surface area (Å²) in [5, 5.41) is 7.88. The van der Waals surface area contributed by atoms with Gasteiger partial charge < -0.3 is 5.32 Å². The monoisotopic (exact) mass is 283 g/mol. The summed E-state index contributed by atoms with van der Waals surface area (Å²) in [5.74, 6) is 0. The highest BCUT2D eigenvalue weighted by molar-refractivity contribution is 9.10. The Labute approximate surface area is 105 Å². The largest absolute Gasteiger partial charge is 0.316 e. The van der Waals surface area contributed by atoms with Crippen LogP contribution in [0.25, 0.3) is 6.08 Å². The number of aromatic nitrogens is 2. The summed E-state index contributed by atoms with van der Waals surface area (Å²) in [6.45, 7) is 7.29. The van der Waals surface area contributed by atoms with Gasteiger partial charge in [0, 0.05) is 6.54 Å². The van der Waals surface area contributed by atoms with Crippen molar-refractivity contribution in [1.82, 2.24) is 15.1 Å². The molecule has 0 atom stereocenters. The van der Waals surface area contributed by atoms with E-state index in [-0.39, 0.29) is 0 Å². The number of nitrogens with one attached hydrogen (secondary N) is 1. The molecule has 0 amide bonds. The Balaban J connectivity index is 2.31. The number of hydrogen-bond acceptors (Lipinski definition) is 2. The summed E-state index contributed by atoms with van der Waals surface area (Å²) < 4.78 is 3.20. The maximum atomic E-state index is 4.50. The second kappa shape index (κ2) is 5.15. The number of halogens is 1. The molecule has 3 nitrogen and oxygen atoms in total. The number of nitrogens with zero attached hydrogens (tertiary/aromatic N) is 2. The van der Waals surface area contributed by atoms with Crippen molar-refractivity contribution in [1.29, 1.82) is 0 Å². The van der Waals surface area contributed by atoms with Gasteiger partial charge in [-0.3, -0.25) is 4.68 Å². The van der Waals surface area contributed by atoms with Crippen LogP contribution in [0.4, 0.5) is 0 Å². The van der Waals surface area contributed by atoms with Gasteiger partial charge in [0.1, 0.15) is 0 Å². The number of aryl methyl sites for hydroxylation is 2. The zero-order valence-electron chi connectivity index (χ0n) is 9.89. The summed E-state index contributed by atoms with van der Waals surface area (Å²) in [6, 6.07) is 0. The van der Waals surface area contributed by atoms with Crippen LogP contribution < -0.4 is 5.32 Å². The van der Waals surface area contributed by atoms with E-state index in [1.54, 1.807) is 0 Å². The van der Waals surface area contributed by atoms with Crippen molar-refractivity contribution in [2.75, 3.05) is 13.1 Å². The minimum absolute atomic E-state index is 0.920. The minimum atomic E-state index is 0.920. The van der Waals surface area contributed by atoms with Gasteiger partial charge in [-0.2, -0.15) is 5.10 Å². The van der Waals surface area contributed by atoms with Crippen molar-refractivity contribution in [3.05, 3.63) is 21.4 Å². The molecule has 0 spiro atoms. The molecule has 2 heterocycles. The fourth-order valence-electron chi connectivity index (χ4n) is 2.04. The van der Waals surface area contributed by atoms with Crippen LogP contribution in [-0.2, 0) is 6.54 Å². The van der Waals surface area contributed by atoms with Gasteiger partial charge in [0.25, 0.3) is 0 Å². The van der Waals surface area contributed by atoms with Crippen molar-refractivity contribution < 1.29 is 0 Å². The van der Waals surface area contributed by atoms with E-state index in [1.807, 2.05) is 6.92 Å². The second-order valence-electron chi connectivity index (χ2n) is 4.15. The SMILES string of the molecule is CCn1nc(C)c(Br)c1C=C1CCNCC1. The smallest absolute Gasteiger partial charge is 0.0754 e. The van der Waals surface area contributed by atoms with Crippen molar-refractivity contribution in [3.63, 3.8) is 0 Å². The summed E-state index contributed by atoms with van der Waals surface area (Å²) in [5.41, 5.74) is 3.81. The third-order valence-corrected chi connectivity index (χ3v) is 3.96. The fraction of sp³-hybridized carbons (Fsp3) is 0.583. The van der Waals surface area contributed by atoms with Gasteiger partial charge in [-0.1, -0.05) is 5.57 Å². The van der Waals surface area contributed by atoms with Crippen LogP contribution in [0.2, 0.25) is 0 Å². The van der Waals surface area contributed by atoms with Crippen molar-refractivity contribution in [2.45, 2.75) is 33.2 Å². The van der Waals surface area contributed by atoms with E-state index in [0.717, 1.165) is 42.6 Å². The zero-order valence-corrected chi connectivity index (χ0v) is 11.5. The number of hydrogen-bond donors (Lipinski definition) is 1. The normalized spacial score (nSPS) is 16.6. The Kier molecular flexibility index (Phi) is 3.82. The predicted molar refractivity (Wildman–Crippen MR) is 70.4 cm³/mol. The van der Waals surface area contributed by atoms with Crippen molar-refractivity contribution in [3.8, 4) is 0 Å². The first-order chi connectivity index (χ1) is 7.72. The van der Waals surface area contributed by atoms with Gasteiger partial charge in [0.2, 0.25) is 0 Å². The summed E-state index contributed by atoms with van der Waals surface area (Å²) in [7, 11) is 0. The van der Waals surface area contributed by atoms with Gasteiger partial charge in [-0.25, -0.2) is 0 Å². The lowest BCUT2D eigenvalue weighted by Crippen LogP contribution is -2.23. The van der Waals surface area contributed by atoms with Gasteiger partial charge >= 0.3 is 0 Å². The average Bonchev–Trinajstić information content (AvgIpc) is 2.58. The Morgan fingerprint density at radius 1 is 1.44 bits per heavy atom. The summed E-state index contributed by atoms with van der Waals surface area (Å²) >= 11 is 3.63. The molecule has 1 saturated heterocycles. The molecule has 16 heavy (non-hydrogen) atoms. The fourth-order valence-corrected chi connectivity index (χ4v) is 2.44. The first-order valence-corrected chi connectivity index (χ1v) is 6.64. The zero-order chi connectivity index (χ0) is 11.5. The van der Waals surface area contributed by atoms with Crippen molar-refractivity contribution in [2.24, 2.45) is 0 Å². The van der Waals surface area contributed by atoms with Crippen LogP contribution in [0.15, 0.2) is 10.0 Å². The van der Waals surface area contributed by atoms with Crippen LogP contribution in [0.3, 0.4) is 0 Å². The highest BCUT2D eigenvalue weighted by Crippen LogP contribution is 2.25. The first kappa shape index (κ1) is 11.9.